The highest BCUT2D eigenvalue weighted by molar-refractivity contribution is 5.73. The molecular formula is C20H22N4O. The summed E-state index contributed by atoms with van der Waals surface area (Å²) in [6.45, 7) is 0.931. The SMILES string of the molecule is NC1(Cc2nc3ccccc3[nH]c2=O)CCCNC1c1ccccc1. The van der Waals surface area contributed by atoms with Gasteiger partial charge in [-0.2, -0.15) is 0 Å². The van der Waals surface area contributed by atoms with Gasteiger partial charge in [-0.05, 0) is 37.1 Å². The Morgan fingerprint density at radius 3 is 2.72 bits per heavy atom. The summed E-state index contributed by atoms with van der Waals surface area (Å²) < 4.78 is 0. The Kier molecular flexibility index (Phi) is 4.11. The van der Waals surface area contributed by atoms with E-state index in [0.29, 0.717) is 12.1 Å². The number of aromatic amines is 1. The number of rotatable bonds is 3. The predicted octanol–water partition coefficient (Wildman–Crippen LogP) is 2.29. The number of nitrogens with one attached hydrogen (secondary N) is 2. The molecule has 3 aromatic rings. The zero-order valence-electron chi connectivity index (χ0n) is 14.0. The van der Waals surface area contributed by atoms with Crippen molar-refractivity contribution in [1.82, 2.24) is 15.3 Å². The highest BCUT2D eigenvalue weighted by Gasteiger charge is 2.39. The van der Waals surface area contributed by atoms with Gasteiger partial charge in [0.25, 0.3) is 5.56 Å². The Morgan fingerprint density at radius 2 is 1.88 bits per heavy atom. The van der Waals surface area contributed by atoms with Crippen LogP contribution in [0.3, 0.4) is 0 Å². The van der Waals surface area contributed by atoms with Gasteiger partial charge in [0.05, 0.1) is 17.1 Å². The highest BCUT2D eigenvalue weighted by atomic mass is 16.1. The number of piperidine rings is 1. The molecule has 128 valence electrons. The summed E-state index contributed by atoms with van der Waals surface area (Å²) in [5, 5.41) is 3.54. The molecule has 0 spiro atoms. The monoisotopic (exact) mass is 334 g/mol. The lowest BCUT2D eigenvalue weighted by Gasteiger charge is -2.42. The zero-order valence-corrected chi connectivity index (χ0v) is 14.0. The van der Waals surface area contributed by atoms with Crippen molar-refractivity contribution in [1.29, 1.82) is 0 Å². The number of benzene rings is 2. The number of nitrogens with zero attached hydrogens (tertiary/aromatic N) is 1. The summed E-state index contributed by atoms with van der Waals surface area (Å²) in [5.74, 6) is 0. The molecule has 0 amide bonds. The fourth-order valence-electron chi connectivity index (χ4n) is 3.80. The van der Waals surface area contributed by atoms with Gasteiger partial charge in [0.2, 0.25) is 0 Å². The van der Waals surface area contributed by atoms with Gasteiger partial charge in [-0.1, -0.05) is 42.5 Å². The molecule has 2 heterocycles. The minimum atomic E-state index is -0.540. The van der Waals surface area contributed by atoms with Gasteiger partial charge < -0.3 is 16.0 Å². The average Bonchev–Trinajstić information content (AvgIpc) is 2.63. The molecule has 2 aromatic carbocycles. The van der Waals surface area contributed by atoms with E-state index < -0.39 is 5.54 Å². The Labute approximate surface area is 146 Å². The van der Waals surface area contributed by atoms with E-state index in [-0.39, 0.29) is 11.6 Å². The van der Waals surface area contributed by atoms with Gasteiger partial charge in [0, 0.05) is 12.0 Å². The number of para-hydroxylation sites is 2. The zero-order chi connectivity index (χ0) is 17.3. The Balaban J connectivity index is 1.72. The maximum Gasteiger partial charge on any atom is 0.270 e. The van der Waals surface area contributed by atoms with Crippen molar-refractivity contribution in [3.05, 3.63) is 76.2 Å². The molecule has 0 bridgehead atoms. The quantitative estimate of drug-likeness (QED) is 0.686. The standard InChI is InChI=1S/C20H22N4O/c21-20(11-6-12-22-18(20)14-7-2-1-3-8-14)13-17-19(25)24-16-10-5-4-9-15(16)23-17/h1-5,7-10,18,22H,6,11-13,21H2,(H,24,25). The average molecular weight is 334 g/mol. The molecule has 1 fully saturated rings. The topological polar surface area (TPSA) is 83.8 Å². The normalized spacial score (nSPS) is 23.6. The fraction of sp³-hybridized carbons (Fsp3) is 0.300. The Morgan fingerprint density at radius 1 is 1.12 bits per heavy atom. The molecule has 1 aliphatic rings. The van der Waals surface area contributed by atoms with E-state index in [1.807, 2.05) is 42.5 Å². The lowest BCUT2D eigenvalue weighted by atomic mass is 9.76. The van der Waals surface area contributed by atoms with E-state index in [9.17, 15) is 4.79 Å². The van der Waals surface area contributed by atoms with Crippen molar-refractivity contribution in [2.45, 2.75) is 30.8 Å². The molecule has 0 aliphatic carbocycles. The molecule has 1 saturated heterocycles. The lowest BCUT2D eigenvalue weighted by Crippen LogP contribution is -2.57. The summed E-state index contributed by atoms with van der Waals surface area (Å²) in [6, 6.07) is 17.8. The molecule has 1 aliphatic heterocycles. The first-order chi connectivity index (χ1) is 12.2. The third-order valence-corrected chi connectivity index (χ3v) is 5.04. The van der Waals surface area contributed by atoms with Crippen LogP contribution in [-0.4, -0.2) is 22.1 Å². The van der Waals surface area contributed by atoms with Crippen molar-refractivity contribution in [2.75, 3.05) is 6.54 Å². The molecule has 25 heavy (non-hydrogen) atoms. The number of aromatic nitrogens is 2. The maximum atomic E-state index is 12.5. The van der Waals surface area contributed by atoms with Gasteiger partial charge in [-0.15, -0.1) is 0 Å². The summed E-state index contributed by atoms with van der Waals surface area (Å²) in [5.41, 5.74) is 9.34. The first-order valence-corrected chi connectivity index (χ1v) is 8.71. The Bertz CT molecular complexity index is 937. The molecule has 4 rings (SSSR count). The molecule has 5 heteroatoms. The molecule has 0 radical (unpaired) electrons. The minimum Gasteiger partial charge on any atom is -0.323 e. The second-order valence-electron chi connectivity index (χ2n) is 6.84. The fourth-order valence-corrected chi connectivity index (χ4v) is 3.80. The smallest absolute Gasteiger partial charge is 0.270 e. The van der Waals surface area contributed by atoms with Crippen LogP contribution in [0, 0.1) is 0 Å². The van der Waals surface area contributed by atoms with E-state index in [0.717, 1.165) is 36.0 Å². The second kappa shape index (κ2) is 6.43. The first-order valence-electron chi connectivity index (χ1n) is 8.71. The lowest BCUT2D eigenvalue weighted by molar-refractivity contribution is 0.228. The van der Waals surface area contributed by atoms with Gasteiger partial charge in [-0.25, -0.2) is 4.98 Å². The van der Waals surface area contributed by atoms with E-state index in [4.69, 9.17) is 5.73 Å². The molecule has 2 unspecified atom stereocenters. The predicted molar refractivity (Wildman–Crippen MR) is 99.4 cm³/mol. The second-order valence-corrected chi connectivity index (χ2v) is 6.84. The maximum absolute atomic E-state index is 12.5. The van der Waals surface area contributed by atoms with Crippen molar-refractivity contribution in [3.63, 3.8) is 0 Å². The number of nitrogens with two attached hydrogens (primary N) is 1. The summed E-state index contributed by atoms with van der Waals surface area (Å²) >= 11 is 0. The van der Waals surface area contributed by atoms with Crippen LogP contribution in [0.4, 0.5) is 0 Å². The van der Waals surface area contributed by atoms with Crippen LogP contribution in [0.15, 0.2) is 59.4 Å². The van der Waals surface area contributed by atoms with Gasteiger partial charge >= 0.3 is 0 Å². The number of fused-ring (bicyclic) bond motifs is 1. The van der Waals surface area contributed by atoms with Crippen molar-refractivity contribution >= 4 is 11.0 Å². The molecule has 5 nitrogen and oxygen atoms in total. The van der Waals surface area contributed by atoms with Crippen LogP contribution in [0.5, 0.6) is 0 Å². The molecule has 0 saturated carbocycles. The van der Waals surface area contributed by atoms with Crippen LogP contribution in [0.25, 0.3) is 11.0 Å². The molecular weight excluding hydrogens is 312 g/mol. The summed E-state index contributed by atoms with van der Waals surface area (Å²) in [7, 11) is 0. The Hall–Kier alpha value is -2.50. The number of hydrogen-bond acceptors (Lipinski definition) is 4. The van der Waals surface area contributed by atoms with Gasteiger partial charge in [0.15, 0.2) is 0 Å². The first kappa shape index (κ1) is 16.0. The third kappa shape index (κ3) is 3.08. The van der Waals surface area contributed by atoms with Crippen LogP contribution >= 0.6 is 0 Å². The highest BCUT2D eigenvalue weighted by Crippen LogP contribution is 2.33. The minimum absolute atomic E-state index is 0.00937. The summed E-state index contributed by atoms with van der Waals surface area (Å²) in [6.07, 6.45) is 2.29. The van der Waals surface area contributed by atoms with E-state index in [1.54, 1.807) is 0 Å². The van der Waals surface area contributed by atoms with E-state index in [1.165, 1.54) is 0 Å². The van der Waals surface area contributed by atoms with Crippen LogP contribution < -0.4 is 16.6 Å². The molecule has 4 N–H and O–H groups in total. The van der Waals surface area contributed by atoms with Crippen molar-refractivity contribution < 1.29 is 0 Å². The van der Waals surface area contributed by atoms with Gasteiger partial charge in [0.1, 0.15) is 5.69 Å². The number of hydrogen-bond donors (Lipinski definition) is 3. The van der Waals surface area contributed by atoms with Crippen LogP contribution in [0.1, 0.15) is 30.1 Å². The molecule has 2 atom stereocenters. The van der Waals surface area contributed by atoms with Gasteiger partial charge in [-0.3, -0.25) is 4.79 Å². The molecule has 1 aromatic heterocycles. The summed E-state index contributed by atoms with van der Waals surface area (Å²) in [4.78, 5) is 20.0. The van der Waals surface area contributed by atoms with Crippen LogP contribution in [-0.2, 0) is 6.42 Å². The van der Waals surface area contributed by atoms with Crippen LogP contribution in [0.2, 0.25) is 0 Å². The van der Waals surface area contributed by atoms with E-state index >= 15 is 0 Å². The van der Waals surface area contributed by atoms with Crippen molar-refractivity contribution in [3.8, 4) is 0 Å². The van der Waals surface area contributed by atoms with E-state index in [2.05, 4.69) is 27.4 Å². The largest absolute Gasteiger partial charge is 0.323 e. The van der Waals surface area contributed by atoms with Crippen molar-refractivity contribution in [2.24, 2.45) is 5.73 Å². The number of H-pyrrole nitrogens is 1. The third-order valence-electron chi connectivity index (χ3n) is 5.04.